The molecular weight excluding hydrogens is 138 g/mol. The maximum Gasteiger partial charge on any atom is 0.169 e. The van der Waals surface area contributed by atoms with Crippen molar-refractivity contribution in [3.63, 3.8) is 0 Å². The molecule has 1 rings (SSSR count). The van der Waals surface area contributed by atoms with E-state index in [1.807, 2.05) is 26.8 Å². The molecule has 0 amide bonds. The minimum absolute atomic E-state index is 0.179. The Morgan fingerprint density at radius 1 is 1.55 bits per heavy atom. The van der Waals surface area contributed by atoms with Crippen molar-refractivity contribution in [2.24, 2.45) is 10.4 Å². The highest BCUT2D eigenvalue weighted by atomic mass is 16.1. The van der Waals surface area contributed by atoms with Gasteiger partial charge in [-0.1, -0.05) is 26.8 Å². The molecule has 1 aliphatic heterocycles. The number of nitrogens with zero attached hydrogens (tertiary/aromatic N) is 1. The Kier molecular flexibility index (Phi) is 1.94. The molecule has 0 fully saturated rings. The van der Waals surface area contributed by atoms with Crippen LogP contribution in [0.15, 0.2) is 16.6 Å². The van der Waals surface area contributed by atoms with Crippen molar-refractivity contribution in [1.82, 2.24) is 0 Å². The predicted molar refractivity (Wildman–Crippen MR) is 45.9 cm³/mol. The topological polar surface area (TPSA) is 29.4 Å². The predicted octanol–water partition coefficient (Wildman–Crippen LogP) is 1.61. The van der Waals surface area contributed by atoms with Crippen LogP contribution in [0.2, 0.25) is 0 Å². The second-order valence-corrected chi connectivity index (χ2v) is 3.73. The van der Waals surface area contributed by atoms with Gasteiger partial charge in [0.15, 0.2) is 5.78 Å². The van der Waals surface area contributed by atoms with Crippen LogP contribution < -0.4 is 0 Å². The molecule has 0 bridgehead atoms. The fraction of sp³-hybridized carbons (Fsp3) is 0.556. The van der Waals surface area contributed by atoms with Gasteiger partial charge in [0, 0.05) is 17.2 Å². The molecule has 0 N–H and O–H groups in total. The maximum atomic E-state index is 11.5. The summed E-state index contributed by atoms with van der Waals surface area (Å²) < 4.78 is 0. The Morgan fingerprint density at radius 2 is 2.18 bits per heavy atom. The Balaban J connectivity index is 2.77. The van der Waals surface area contributed by atoms with Crippen molar-refractivity contribution in [3.8, 4) is 0 Å². The molecule has 0 aromatic heterocycles. The average Bonchev–Trinajstić information content (AvgIpc) is 2.34. The fourth-order valence-corrected chi connectivity index (χ4v) is 0.939. The SMILES string of the molecule is CC(C)(C)C(=O)C1=CCN=C1. The van der Waals surface area contributed by atoms with E-state index < -0.39 is 0 Å². The lowest BCUT2D eigenvalue weighted by molar-refractivity contribution is -0.121. The third-order valence-corrected chi connectivity index (χ3v) is 1.59. The van der Waals surface area contributed by atoms with Gasteiger partial charge in [0.1, 0.15) is 0 Å². The zero-order valence-electron chi connectivity index (χ0n) is 7.22. The monoisotopic (exact) mass is 151 g/mol. The van der Waals surface area contributed by atoms with E-state index in [-0.39, 0.29) is 11.2 Å². The first kappa shape index (κ1) is 8.18. The molecule has 0 saturated carbocycles. The van der Waals surface area contributed by atoms with Crippen molar-refractivity contribution < 1.29 is 4.79 Å². The molecule has 0 saturated heterocycles. The minimum Gasteiger partial charge on any atom is -0.294 e. The van der Waals surface area contributed by atoms with Crippen LogP contribution in [0.1, 0.15) is 20.8 Å². The molecule has 1 heterocycles. The molecule has 0 unspecified atom stereocenters. The number of ketones is 1. The number of rotatable bonds is 1. The van der Waals surface area contributed by atoms with Crippen LogP contribution in [0.5, 0.6) is 0 Å². The first-order chi connectivity index (χ1) is 5.02. The average molecular weight is 151 g/mol. The zero-order chi connectivity index (χ0) is 8.48. The second kappa shape index (κ2) is 2.61. The first-order valence-corrected chi connectivity index (χ1v) is 3.76. The normalized spacial score (nSPS) is 16.8. The lowest BCUT2D eigenvalue weighted by Gasteiger charge is -2.15. The summed E-state index contributed by atoms with van der Waals surface area (Å²) in [4.78, 5) is 15.5. The van der Waals surface area contributed by atoms with E-state index in [9.17, 15) is 4.79 Å². The number of carbonyl (C=O) groups excluding carboxylic acids is 1. The van der Waals surface area contributed by atoms with E-state index in [0.717, 1.165) is 5.57 Å². The van der Waals surface area contributed by atoms with Gasteiger partial charge in [0.05, 0.1) is 6.54 Å². The summed E-state index contributed by atoms with van der Waals surface area (Å²) in [6.07, 6.45) is 3.53. The van der Waals surface area contributed by atoms with E-state index in [0.29, 0.717) is 6.54 Å². The lowest BCUT2D eigenvalue weighted by atomic mass is 9.87. The number of carbonyl (C=O) groups is 1. The molecule has 0 aromatic rings. The molecule has 60 valence electrons. The molecule has 11 heavy (non-hydrogen) atoms. The van der Waals surface area contributed by atoms with Gasteiger partial charge in [-0.15, -0.1) is 0 Å². The lowest BCUT2D eigenvalue weighted by Crippen LogP contribution is -2.21. The second-order valence-electron chi connectivity index (χ2n) is 3.73. The Hall–Kier alpha value is -0.920. The van der Waals surface area contributed by atoms with Crippen LogP contribution in [0, 0.1) is 5.41 Å². The van der Waals surface area contributed by atoms with E-state index in [2.05, 4.69) is 4.99 Å². The van der Waals surface area contributed by atoms with Gasteiger partial charge in [-0.3, -0.25) is 9.79 Å². The summed E-state index contributed by atoms with van der Waals surface area (Å²) in [6, 6.07) is 0. The highest BCUT2D eigenvalue weighted by Gasteiger charge is 2.24. The fourth-order valence-electron chi connectivity index (χ4n) is 0.939. The molecule has 2 nitrogen and oxygen atoms in total. The van der Waals surface area contributed by atoms with Gasteiger partial charge < -0.3 is 0 Å². The van der Waals surface area contributed by atoms with E-state index in [4.69, 9.17) is 0 Å². The van der Waals surface area contributed by atoms with Gasteiger partial charge >= 0.3 is 0 Å². The molecule has 2 heteroatoms. The molecular formula is C9H13NO. The Labute approximate surface area is 67.0 Å². The highest BCUT2D eigenvalue weighted by molar-refractivity contribution is 6.16. The van der Waals surface area contributed by atoms with Crippen LogP contribution in [0.3, 0.4) is 0 Å². The summed E-state index contributed by atoms with van der Waals surface area (Å²) in [5.41, 5.74) is 0.486. The first-order valence-electron chi connectivity index (χ1n) is 3.76. The largest absolute Gasteiger partial charge is 0.294 e. The van der Waals surface area contributed by atoms with E-state index in [1.54, 1.807) is 6.21 Å². The number of Topliss-reactive ketones (excluding diaryl/α,β-unsaturated/α-hetero) is 1. The summed E-state index contributed by atoms with van der Waals surface area (Å²) in [6.45, 7) is 6.42. The molecule has 0 atom stereocenters. The number of allylic oxidation sites excluding steroid dienone is 1. The number of aliphatic imine (C=N–C) groups is 1. The van der Waals surface area contributed by atoms with Crippen molar-refractivity contribution in [2.45, 2.75) is 20.8 Å². The molecule has 0 spiro atoms. The van der Waals surface area contributed by atoms with Crippen LogP contribution in [0.4, 0.5) is 0 Å². The van der Waals surface area contributed by atoms with E-state index >= 15 is 0 Å². The van der Waals surface area contributed by atoms with Crippen molar-refractivity contribution in [3.05, 3.63) is 11.6 Å². The molecule has 0 radical (unpaired) electrons. The molecule has 0 aromatic carbocycles. The Bertz CT molecular complexity index is 230. The quantitative estimate of drug-likeness (QED) is 0.560. The summed E-state index contributed by atoms with van der Waals surface area (Å²) >= 11 is 0. The van der Waals surface area contributed by atoms with Crippen LogP contribution in [-0.2, 0) is 4.79 Å². The highest BCUT2D eigenvalue weighted by Crippen LogP contribution is 2.20. The van der Waals surface area contributed by atoms with Gasteiger partial charge in [-0.05, 0) is 0 Å². The van der Waals surface area contributed by atoms with Gasteiger partial charge in [0.2, 0.25) is 0 Å². The molecule has 1 aliphatic rings. The third kappa shape index (κ3) is 1.76. The molecule has 0 aliphatic carbocycles. The third-order valence-electron chi connectivity index (χ3n) is 1.59. The Morgan fingerprint density at radius 3 is 2.55 bits per heavy atom. The number of hydrogen-bond acceptors (Lipinski definition) is 2. The maximum absolute atomic E-state index is 11.5. The number of hydrogen-bond donors (Lipinski definition) is 0. The smallest absolute Gasteiger partial charge is 0.169 e. The van der Waals surface area contributed by atoms with Crippen molar-refractivity contribution >= 4 is 12.0 Å². The van der Waals surface area contributed by atoms with Gasteiger partial charge in [-0.2, -0.15) is 0 Å². The van der Waals surface area contributed by atoms with E-state index in [1.165, 1.54) is 0 Å². The zero-order valence-corrected chi connectivity index (χ0v) is 7.22. The van der Waals surface area contributed by atoms with Crippen LogP contribution in [0.25, 0.3) is 0 Å². The standard InChI is InChI=1S/C9H13NO/c1-9(2,3)8(11)7-4-5-10-6-7/h4,6H,5H2,1-3H3. The van der Waals surface area contributed by atoms with Gasteiger partial charge in [-0.25, -0.2) is 0 Å². The summed E-state index contributed by atoms with van der Waals surface area (Å²) in [7, 11) is 0. The van der Waals surface area contributed by atoms with Gasteiger partial charge in [0.25, 0.3) is 0 Å². The van der Waals surface area contributed by atoms with Crippen molar-refractivity contribution in [1.29, 1.82) is 0 Å². The summed E-state index contributed by atoms with van der Waals surface area (Å²) in [5, 5.41) is 0. The van der Waals surface area contributed by atoms with Crippen molar-refractivity contribution in [2.75, 3.05) is 6.54 Å². The summed E-state index contributed by atoms with van der Waals surface area (Å²) in [5.74, 6) is 0.179. The van der Waals surface area contributed by atoms with Crippen LogP contribution in [-0.4, -0.2) is 18.5 Å². The van der Waals surface area contributed by atoms with Crippen LogP contribution >= 0.6 is 0 Å². The minimum atomic E-state index is -0.276.